The highest BCUT2D eigenvalue weighted by Gasteiger charge is 2.16. The minimum Gasteiger partial charge on any atom is -0.351 e. The maximum absolute atomic E-state index is 10.9. The Labute approximate surface area is 75.3 Å². The van der Waals surface area contributed by atoms with Gasteiger partial charge in [0, 0.05) is 13.5 Å². The summed E-state index contributed by atoms with van der Waals surface area (Å²) in [5.41, 5.74) is 4.73. The van der Waals surface area contributed by atoms with E-state index in [1.165, 1.54) is 0 Å². The molecule has 13 heavy (non-hydrogen) atoms. The van der Waals surface area contributed by atoms with Gasteiger partial charge < -0.3 is 5.73 Å². The maximum atomic E-state index is 10.9. The number of rotatable bonds is 3. The zero-order chi connectivity index (χ0) is 10.6. The van der Waals surface area contributed by atoms with Gasteiger partial charge >= 0.3 is 6.03 Å². The predicted octanol–water partition coefficient (Wildman–Crippen LogP) is -1.20. The quantitative estimate of drug-likeness (QED) is 0.567. The van der Waals surface area contributed by atoms with Crippen LogP contribution in [0.1, 0.15) is 6.42 Å². The number of nitrogens with zero attached hydrogens (tertiary/aromatic N) is 1. The van der Waals surface area contributed by atoms with Gasteiger partial charge in [-0.25, -0.2) is 4.79 Å². The van der Waals surface area contributed by atoms with Crippen molar-refractivity contribution in [1.29, 1.82) is 0 Å². The molecule has 0 aliphatic carbocycles. The zero-order valence-corrected chi connectivity index (χ0v) is 7.74. The number of urea groups is 1. The molecule has 0 aromatic rings. The molecular formula is C5H10N2O5S. The number of hydrogen-bond donors (Lipinski definition) is 2. The Morgan fingerprint density at radius 2 is 1.92 bits per heavy atom. The zero-order valence-electron chi connectivity index (χ0n) is 6.93. The number of primary amides is 1. The summed E-state index contributed by atoms with van der Waals surface area (Å²) in [5.74, 6) is -1.48. The topological polar surface area (TPSA) is 118 Å². The predicted molar refractivity (Wildman–Crippen MR) is 43.4 cm³/mol. The van der Waals surface area contributed by atoms with Crippen molar-refractivity contribution in [3.63, 3.8) is 0 Å². The van der Waals surface area contributed by atoms with Gasteiger partial charge in [0.1, 0.15) is 0 Å². The van der Waals surface area contributed by atoms with Crippen LogP contribution in [0.15, 0.2) is 0 Å². The molecule has 0 unspecified atom stereocenters. The van der Waals surface area contributed by atoms with Crippen molar-refractivity contribution in [1.82, 2.24) is 4.90 Å². The average Bonchev–Trinajstić information content (AvgIpc) is 1.97. The normalized spacial score (nSPS) is 10.9. The molecule has 0 aliphatic heterocycles. The summed E-state index contributed by atoms with van der Waals surface area (Å²) >= 11 is 0. The first kappa shape index (κ1) is 11.8. The van der Waals surface area contributed by atoms with Crippen molar-refractivity contribution in [2.45, 2.75) is 6.42 Å². The van der Waals surface area contributed by atoms with E-state index >= 15 is 0 Å². The first-order valence-electron chi connectivity index (χ1n) is 3.25. The van der Waals surface area contributed by atoms with Gasteiger partial charge in [-0.05, 0) is 0 Å². The van der Waals surface area contributed by atoms with Crippen LogP contribution in [0.2, 0.25) is 0 Å². The number of amides is 3. The molecule has 0 spiro atoms. The van der Waals surface area contributed by atoms with E-state index in [1.54, 1.807) is 0 Å². The summed E-state index contributed by atoms with van der Waals surface area (Å²) in [6, 6.07) is -0.972. The van der Waals surface area contributed by atoms with Crippen LogP contribution in [-0.2, 0) is 14.9 Å². The van der Waals surface area contributed by atoms with E-state index in [0.717, 1.165) is 7.05 Å². The molecule has 0 saturated carbocycles. The highest BCUT2D eigenvalue weighted by atomic mass is 32.2. The van der Waals surface area contributed by atoms with Crippen LogP contribution in [0.25, 0.3) is 0 Å². The summed E-state index contributed by atoms with van der Waals surface area (Å²) in [7, 11) is -3.06. The summed E-state index contributed by atoms with van der Waals surface area (Å²) in [5, 5.41) is 0. The number of carbonyl (C=O) groups excluding carboxylic acids is 2. The molecule has 0 rings (SSSR count). The number of imide groups is 1. The second kappa shape index (κ2) is 4.19. The lowest BCUT2D eigenvalue weighted by molar-refractivity contribution is -0.126. The molecule has 0 fully saturated rings. The van der Waals surface area contributed by atoms with Crippen LogP contribution in [0, 0.1) is 0 Å². The van der Waals surface area contributed by atoms with E-state index in [2.05, 4.69) is 0 Å². The Kier molecular flexibility index (Phi) is 3.82. The van der Waals surface area contributed by atoms with Gasteiger partial charge in [-0.15, -0.1) is 0 Å². The van der Waals surface area contributed by atoms with Crippen molar-refractivity contribution in [2.75, 3.05) is 12.8 Å². The first-order chi connectivity index (χ1) is 5.74. The van der Waals surface area contributed by atoms with Crippen LogP contribution in [-0.4, -0.2) is 42.6 Å². The van der Waals surface area contributed by atoms with Gasteiger partial charge in [0.05, 0.1) is 5.75 Å². The van der Waals surface area contributed by atoms with Crippen molar-refractivity contribution < 1.29 is 22.6 Å². The first-order valence-corrected chi connectivity index (χ1v) is 4.86. The van der Waals surface area contributed by atoms with Crippen molar-refractivity contribution in [3.8, 4) is 0 Å². The van der Waals surface area contributed by atoms with Gasteiger partial charge in [0.2, 0.25) is 5.91 Å². The molecule has 0 bridgehead atoms. The molecular weight excluding hydrogens is 200 g/mol. The van der Waals surface area contributed by atoms with Crippen molar-refractivity contribution in [2.24, 2.45) is 5.73 Å². The van der Waals surface area contributed by atoms with Gasteiger partial charge in [0.25, 0.3) is 10.1 Å². The average molecular weight is 210 g/mol. The molecule has 0 aromatic carbocycles. The minimum absolute atomic E-state index is 0.474. The summed E-state index contributed by atoms with van der Waals surface area (Å²) in [4.78, 5) is 21.8. The minimum atomic E-state index is -4.18. The molecule has 0 saturated heterocycles. The summed E-state index contributed by atoms with van der Waals surface area (Å²) in [6.45, 7) is 0. The van der Waals surface area contributed by atoms with Crippen LogP contribution in [0.4, 0.5) is 4.79 Å². The van der Waals surface area contributed by atoms with Gasteiger partial charge in [-0.2, -0.15) is 8.42 Å². The smallest absolute Gasteiger partial charge is 0.321 e. The molecule has 0 heterocycles. The van der Waals surface area contributed by atoms with Crippen molar-refractivity contribution >= 4 is 22.1 Å². The van der Waals surface area contributed by atoms with Crippen LogP contribution < -0.4 is 5.73 Å². The number of carbonyl (C=O) groups is 2. The fourth-order valence-corrected chi connectivity index (χ4v) is 0.939. The lowest BCUT2D eigenvalue weighted by atomic mass is 10.4. The van der Waals surface area contributed by atoms with Crippen LogP contribution in [0.5, 0.6) is 0 Å². The highest BCUT2D eigenvalue weighted by molar-refractivity contribution is 7.85. The lowest BCUT2D eigenvalue weighted by Crippen LogP contribution is -2.37. The molecule has 76 valence electrons. The Morgan fingerprint density at radius 3 is 2.23 bits per heavy atom. The fourth-order valence-electron chi connectivity index (χ4n) is 0.507. The van der Waals surface area contributed by atoms with E-state index < -0.39 is 34.2 Å². The molecule has 0 atom stereocenters. The van der Waals surface area contributed by atoms with Gasteiger partial charge in [0.15, 0.2) is 0 Å². The molecule has 7 nitrogen and oxygen atoms in total. The molecule has 3 N–H and O–H groups in total. The molecule has 8 heteroatoms. The second-order valence-corrected chi connectivity index (χ2v) is 3.90. The van der Waals surface area contributed by atoms with E-state index in [0.29, 0.717) is 4.90 Å². The van der Waals surface area contributed by atoms with Gasteiger partial charge in [-0.3, -0.25) is 14.2 Å². The second-order valence-electron chi connectivity index (χ2n) is 2.33. The fraction of sp³-hybridized carbons (Fsp3) is 0.600. The lowest BCUT2D eigenvalue weighted by Gasteiger charge is -2.10. The standard InChI is InChI=1S/C5H10N2O5S/c1-7(5(6)9)4(8)2-3-13(10,11)12/h2-3H2,1H3,(H2,6,9)(H,10,11,12). The van der Waals surface area contributed by atoms with E-state index in [-0.39, 0.29) is 0 Å². The van der Waals surface area contributed by atoms with Crippen LogP contribution >= 0.6 is 0 Å². The summed E-state index contributed by atoms with van der Waals surface area (Å²) in [6.07, 6.45) is -0.474. The Morgan fingerprint density at radius 1 is 1.46 bits per heavy atom. The Balaban J connectivity index is 4.11. The highest BCUT2D eigenvalue weighted by Crippen LogP contribution is 1.94. The molecule has 0 aromatic heterocycles. The third kappa shape index (κ3) is 5.15. The molecule has 0 radical (unpaired) electrons. The Hall–Kier alpha value is -1.15. The molecule has 3 amide bonds. The number of hydrogen-bond acceptors (Lipinski definition) is 4. The maximum Gasteiger partial charge on any atom is 0.321 e. The molecule has 0 aliphatic rings. The number of nitrogens with two attached hydrogens (primary N) is 1. The van der Waals surface area contributed by atoms with E-state index in [9.17, 15) is 18.0 Å². The van der Waals surface area contributed by atoms with Crippen molar-refractivity contribution in [3.05, 3.63) is 0 Å². The largest absolute Gasteiger partial charge is 0.351 e. The van der Waals surface area contributed by atoms with E-state index in [1.807, 2.05) is 0 Å². The van der Waals surface area contributed by atoms with Crippen LogP contribution in [0.3, 0.4) is 0 Å². The Bertz CT molecular complexity index is 309. The third-order valence-corrected chi connectivity index (χ3v) is 2.00. The SMILES string of the molecule is CN(C(N)=O)C(=O)CCS(=O)(=O)O. The van der Waals surface area contributed by atoms with E-state index in [4.69, 9.17) is 10.3 Å². The monoisotopic (exact) mass is 210 g/mol. The summed E-state index contributed by atoms with van der Waals surface area (Å²) < 4.78 is 28.7. The third-order valence-electron chi connectivity index (χ3n) is 1.28. The van der Waals surface area contributed by atoms with Gasteiger partial charge in [-0.1, -0.05) is 0 Å².